The van der Waals surface area contributed by atoms with Crippen LogP contribution >= 0.6 is 0 Å². The van der Waals surface area contributed by atoms with E-state index in [2.05, 4.69) is 19.2 Å². The zero-order valence-corrected chi connectivity index (χ0v) is 41.2. The number of rotatable bonds is 47. The van der Waals surface area contributed by atoms with Crippen LogP contribution in [0.4, 0.5) is 0 Å². The summed E-state index contributed by atoms with van der Waals surface area (Å²) in [6, 6.07) is -0.985. The number of amides is 1. The summed E-state index contributed by atoms with van der Waals surface area (Å²) in [5, 5.41) is 65.4. The van der Waals surface area contributed by atoms with E-state index in [0.29, 0.717) is 6.42 Å². The van der Waals surface area contributed by atoms with Crippen LogP contribution in [0, 0.1) is 0 Å². The zero-order chi connectivity index (χ0) is 46.0. The fraction of sp³-hybridized carbons (Fsp3) is 0.981. The third-order valence-electron chi connectivity index (χ3n) is 13.6. The lowest BCUT2D eigenvalue weighted by atomic mass is 9.98. The van der Waals surface area contributed by atoms with Gasteiger partial charge in [0.2, 0.25) is 5.91 Å². The number of ether oxygens (including phenoxy) is 2. The fourth-order valence-corrected chi connectivity index (χ4v) is 9.14. The molecule has 0 saturated carbocycles. The second-order valence-electron chi connectivity index (χ2n) is 19.5. The van der Waals surface area contributed by atoms with E-state index in [0.717, 1.165) is 38.5 Å². The van der Waals surface area contributed by atoms with E-state index in [1.54, 1.807) is 0 Å². The van der Waals surface area contributed by atoms with Gasteiger partial charge in [-0.25, -0.2) is 0 Å². The number of aliphatic hydroxyl groups excluding tert-OH is 6. The van der Waals surface area contributed by atoms with Gasteiger partial charge in [-0.3, -0.25) is 4.79 Å². The van der Waals surface area contributed by atoms with Crippen molar-refractivity contribution in [1.29, 1.82) is 0 Å². The molecule has 1 rings (SSSR count). The lowest BCUT2D eigenvalue weighted by molar-refractivity contribution is -0.303. The first kappa shape index (κ1) is 60.2. The number of hydrogen-bond donors (Lipinski definition) is 7. The van der Waals surface area contributed by atoms with Gasteiger partial charge in [-0.05, 0) is 12.8 Å². The highest BCUT2D eigenvalue weighted by atomic mass is 16.7. The van der Waals surface area contributed by atoms with E-state index in [-0.39, 0.29) is 18.9 Å². The second kappa shape index (κ2) is 43.7. The quantitative estimate of drug-likeness (QED) is 0.0294. The van der Waals surface area contributed by atoms with Gasteiger partial charge < -0.3 is 45.4 Å². The number of nitrogens with one attached hydrogen (secondary N) is 1. The Morgan fingerprint density at radius 3 is 1.17 bits per heavy atom. The Hall–Kier alpha value is -0.850. The maximum absolute atomic E-state index is 13.1. The summed E-state index contributed by atoms with van der Waals surface area (Å²) in [5.41, 5.74) is 0. The van der Waals surface area contributed by atoms with Crippen LogP contribution in [0.25, 0.3) is 0 Å². The van der Waals surface area contributed by atoms with Crippen molar-refractivity contribution >= 4 is 5.91 Å². The van der Waals surface area contributed by atoms with E-state index < -0.39 is 55.6 Å². The molecule has 8 atom stereocenters. The summed E-state index contributed by atoms with van der Waals surface area (Å²) in [6.07, 6.45) is 39.8. The van der Waals surface area contributed by atoms with Crippen molar-refractivity contribution in [1.82, 2.24) is 5.32 Å². The Bertz CT molecular complexity index is 973. The number of unbranched alkanes of at least 4 members (excludes halogenated alkanes) is 36. The molecule has 376 valence electrons. The molecule has 10 heteroatoms. The van der Waals surface area contributed by atoms with Crippen molar-refractivity contribution in [3.8, 4) is 0 Å². The van der Waals surface area contributed by atoms with Gasteiger partial charge in [-0.2, -0.15) is 0 Å². The lowest BCUT2D eigenvalue weighted by Crippen LogP contribution is -2.60. The van der Waals surface area contributed by atoms with Crippen LogP contribution in [0.15, 0.2) is 0 Å². The third kappa shape index (κ3) is 33.3. The van der Waals surface area contributed by atoms with Crippen LogP contribution in [-0.4, -0.2) is 98.7 Å². The molecule has 1 aliphatic heterocycles. The van der Waals surface area contributed by atoms with E-state index >= 15 is 0 Å². The molecule has 0 aromatic rings. The summed E-state index contributed by atoms with van der Waals surface area (Å²) in [6.45, 7) is 3.64. The SMILES string of the molecule is CCCCCCCCCCCCCCCCCCCCCCCCCCC(=O)N[C@@H](CO[C@@H]1O[C@H](CO)[C@@H](O)C(O)C1O)[C@H](O)[C@H](O)CCCCCCCCCCCCCCCC. The van der Waals surface area contributed by atoms with Gasteiger partial charge in [-0.15, -0.1) is 0 Å². The Morgan fingerprint density at radius 2 is 0.825 bits per heavy atom. The minimum atomic E-state index is -1.60. The smallest absolute Gasteiger partial charge is 0.220 e. The highest BCUT2D eigenvalue weighted by Gasteiger charge is 2.44. The van der Waals surface area contributed by atoms with Gasteiger partial charge in [0.05, 0.1) is 25.4 Å². The molecule has 1 amide bonds. The minimum Gasteiger partial charge on any atom is -0.394 e. The molecule has 0 aromatic carbocycles. The molecule has 0 bridgehead atoms. The summed E-state index contributed by atoms with van der Waals surface area (Å²) < 4.78 is 11.2. The van der Waals surface area contributed by atoms with Crippen molar-refractivity contribution in [3.63, 3.8) is 0 Å². The molecular formula is C53H105NO9. The Balaban J connectivity index is 2.25. The third-order valence-corrected chi connectivity index (χ3v) is 13.6. The van der Waals surface area contributed by atoms with Gasteiger partial charge in [0.25, 0.3) is 0 Å². The van der Waals surface area contributed by atoms with Crippen molar-refractivity contribution < 1.29 is 44.9 Å². The first-order valence-electron chi connectivity index (χ1n) is 27.3. The summed E-state index contributed by atoms with van der Waals surface area (Å²) in [7, 11) is 0. The molecule has 2 unspecified atom stereocenters. The normalized spacial score (nSPS) is 20.5. The highest BCUT2D eigenvalue weighted by Crippen LogP contribution is 2.23. The number of carbonyl (C=O) groups is 1. The van der Waals surface area contributed by atoms with E-state index in [1.807, 2.05) is 0 Å². The molecular weight excluding hydrogens is 795 g/mol. The lowest BCUT2D eigenvalue weighted by Gasteiger charge is -2.40. The largest absolute Gasteiger partial charge is 0.394 e. The molecule has 1 heterocycles. The van der Waals surface area contributed by atoms with Gasteiger partial charge in [-0.1, -0.05) is 251 Å². The predicted octanol–water partition coefficient (Wildman–Crippen LogP) is 11.7. The van der Waals surface area contributed by atoms with Gasteiger partial charge in [0.15, 0.2) is 6.29 Å². The van der Waals surface area contributed by atoms with E-state index in [9.17, 15) is 35.4 Å². The molecule has 0 aromatic heterocycles. The Morgan fingerprint density at radius 1 is 0.492 bits per heavy atom. The molecule has 7 N–H and O–H groups in total. The van der Waals surface area contributed by atoms with Gasteiger partial charge >= 0.3 is 0 Å². The number of carbonyl (C=O) groups excluding carboxylic acids is 1. The molecule has 1 saturated heterocycles. The fourth-order valence-electron chi connectivity index (χ4n) is 9.14. The van der Waals surface area contributed by atoms with Crippen LogP contribution < -0.4 is 5.32 Å². The first-order chi connectivity index (χ1) is 30.8. The summed E-state index contributed by atoms with van der Waals surface area (Å²) >= 11 is 0. The Labute approximate surface area is 387 Å². The standard InChI is InChI=1S/C53H105NO9/c1-3-5-7-9-11-13-15-17-19-20-21-22-23-24-25-26-27-28-30-32-34-36-38-40-42-48(57)54-45(44-62-53-52(61)51(60)50(59)47(43-55)63-53)49(58)46(56)41-39-37-35-33-31-29-18-16-14-12-10-8-6-4-2/h45-47,49-53,55-56,58-61H,3-44H2,1-2H3,(H,54,57)/t45-,46+,47+,49-,50+,51?,52?,53+/m0/s1. The van der Waals surface area contributed by atoms with Crippen LogP contribution in [0.2, 0.25) is 0 Å². The first-order valence-corrected chi connectivity index (χ1v) is 27.3. The highest BCUT2D eigenvalue weighted by molar-refractivity contribution is 5.76. The summed E-state index contributed by atoms with van der Waals surface area (Å²) in [5.74, 6) is -0.251. The predicted molar refractivity (Wildman–Crippen MR) is 260 cm³/mol. The van der Waals surface area contributed by atoms with Gasteiger partial charge in [0, 0.05) is 6.42 Å². The van der Waals surface area contributed by atoms with E-state index in [4.69, 9.17) is 9.47 Å². The van der Waals surface area contributed by atoms with Crippen molar-refractivity contribution in [2.75, 3.05) is 13.2 Å². The molecule has 0 radical (unpaired) electrons. The monoisotopic (exact) mass is 900 g/mol. The average molecular weight is 900 g/mol. The molecule has 1 aliphatic rings. The van der Waals surface area contributed by atoms with Crippen LogP contribution in [0.3, 0.4) is 0 Å². The zero-order valence-electron chi connectivity index (χ0n) is 41.2. The average Bonchev–Trinajstić information content (AvgIpc) is 3.28. The van der Waals surface area contributed by atoms with Crippen molar-refractivity contribution in [3.05, 3.63) is 0 Å². The minimum absolute atomic E-state index is 0.251. The molecule has 1 fully saturated rings. The van der Waals surface area contributed by atoms with Gasteiger partial charge in [0.1, 0.15) is 30.5 Å². The van der Waals surface area contributed by atoms with Crippen molar-refractivity contribution in [2.24, 2.45) is 0 Å². The van der Waals surface area contributed by atoms with Crippen LogP contribution in [-0.2, 0) is 14.3 Å². The molecule has 10 nitrogen and oxygen atoms in total. The second-order valence-corrected chi connectivity index (χ2v) is 19.5. The van der Waals surface area contributed by atoms with Crippen molar-refractivity contribution in [2.45, 2.75) is 320 Å². The Kier molecular flexibility index (Phi) is 41.7. The maximum atomic E-state index is 13.1. The summed E-state index contributed by atoms with van der Waals surface area (Å²) in [4.78, 5) is 13.1. The molecule has 0 spiro atoms. The van der Waals surface area contributed by atoms with E-state index in [1.165, 1.54) is 205 Å². The van der Waals surface area contributed by atoms with Crippen LogP contribution in [0.1, 0.15) is 271 Å². The molecule has 63 heavy (non-hydrogen) atoms. The maximum Gasteiger partial charge on any atom is 0.220 e. The number of hydrogen-bond acceptors (Lipinski definition) is 9. The molecule has 0 aliphatic carbocycles. The number of aliphatic hydroxyl groups is 6. The topological polar surface area (TPSA) is 169 Å². The van der Waals surface area contributed by atoms with Crippen LogP contribution in [0.5, 0.6) is 0 Å².